The summed E-state index contributed by atoms with van der Waals surface area (Å²) in [6, 6.07) is 21.3. The molecule has 0 unspecified atom stereocenters. The van der Waals surface area contributed by atoms with Crippen molar-refractivity contribution in [1.29, 1.82) is 0 Å². The average Bonchev–Trinajstić information content (AvgIpc) is 2.32. The summed E-state index contributed by atoms with van der Waals surface area (Å²) in [6.07, 6.45) is 0. The van der Waals surface area contributed by atoms with E-state index in [4.69, 9.17) is 0 Å². The van der Waals surface area contributed by atoms with Crippen LogP contribution in [0.2, 0.25) is 0 Å². The molecule has 2 rings (SSSR count). The molecule has 0 aliphatic rings. The van der Waals surface area contributed by atoms with Crippen LogP contribution in [0.1, 0.15) is 11.1 Å². The van der Waals surface area contributed by atoms with E-state index in [1.165, 1.54) is 11.1 Å². The van der Waals surface area contributed by atoms with E-state index in [9.17, 15) is 0 Å². The molecular weight excluding hydrogens is 227 g/mol. The molecule has 0 fully saturated rings. The summed E-state index contributed by atoms with van der Waals surface area (Å²) in [4.78, 5) is 0. The van der Waals surface area contributed by atoms with Gasteiger partial charge in [-0.15, -0.1) is 0 Å². The second-order valence-electron chi connectivity index (χ2n) is 3.35. The normalized spacial score (nSPS) is 10.4. The third kappa shape index (κ3) is 3.53. The second kappa shape index (κ2) is 5.73. The Kier molecular flexibility index (Phi) is 3.99. The maximum atomic E-state index is 2.18. The maximum absolute atomic E-state index is 2.18. The third-order valence-corrected chi connectivity index (χ3v) is 3.40. The molecule has 0 aromatic heterocycles. The molecular formula is C14H14Ni. The van der Waals surface area contributed by atoms with Crippen LogP contribution in [0.15, 0.2) is 60.7 Å². The quantitative estimate of drug-likeness (QED) is 0.719. The molecule has 2 aromatic carbocycles. The first-order chi connectivity index (χ1) is 7.45. The van der Waals surface area contributed by atoms with Gasteiger partial charge < -0.3 is 0 Å². The van der Waals surface area contributed by atoms with Gasteiger partial charge in [0.2, 0.25) is 0 Å². The van der Waals surface area contributed by atoms with E-state index in [2.05, 4.69) is 60.7 Å². The molecule has 0 aliphatic carbocycles. The first-order valence-electron chi connectivity index (χ1n) is 4.98. The van der Waals surface area contributed by atoms with Crippen molar-refractivity contribution in [1.82, 2.24) is 0 Å². The van der Waals surface area contributed by atoms with Crippen LogP contribution in [-0.4, -0.2) is 0 Å². The summed E-state index contributed by atoms with van der Waals surface area (Å²) in [5, 5.41) is 2.23. The Morgan fingerprint density at radius 1 is 0.600 bits per heavy atom. The molecule has 0 heterocycles. The van der Waals surface area contributed by atoms with Crippen molar-refractivity contribution in [3.05, 3.63) is 71.8 Å². The average molecular weight is 241 g/mol. The van der Waals surface area contributed by atoms with Crippen LogP contribution in [0.5, 0.6) is 0 Å². The molecule has 0 nitrogen and oxygen atoms in total. The summed E-state index contributed by atoms with van der Waals surface area (Å²) in [6.45, 7) is 0. The fourth-order valence-corrected chi connectivity index (χ4v) is 2.49. The van der Waals surface area contributed by atoms with Crippen molar-refractivity contribution in [3.63, 3.8) is 0 Å². The van der Waals surface area contributed by atoms with Crippen LogP contribution in [-0.2, 0) is 25.2 Å². The Labute approximate surface area is 97.2 Å². The molecule has 0 N–H and O–H groups in total. The van der Waals surface area contributed by atoms with Gasteiger partial charge in [-0.2, -0.15) is 0 Å². The summed E-state index contributed by atoms with van der Waals surface area (Å²) in [7, 11) is 0. The van der Waals surface area contributed by atoms with Crippen molar-refractivity contribution in [2.45, 2.75) is 10.8 Å². The Bertz CT molecular complexity index is 341. The first-order valence-corrected chi connectivity index (χ1v) is 6.37. The summed E-state index contributed by atoms with van der Waals surface area (Å²) in [5.74, 6) is 0. The van der Waals surface area contributed by atoms with Crippen molar-refractivity contribution >= 4 is 0 Å². The van der Waals surface area contributed by atoms with Crippen LogP contribution in [0, 0.1) is 0 Å². The molecule has 1 heteroatoms. The zero-order valence-corrected chi connectivity index (χ0v) is 9.49. The SMILES string of the molecule is c1ccc([CH2][Ni][CH2]c2ccccc2)cc1. The van der Waals surface area contributed by atoms with Crippen molar-refractivity contribution in [2.24, 2.45) is 0 Å². The molecule has 15 heavy (non-hydrogen) atoms. The van der Waals surface area contributed by atoms with Gasteiger partial charge in [0.1, 0.15) is 0 Å². The fraction of sp³-hybridized carbons (Fsp3) is 0.143. The number of benzene rings is 2. The van der Waals surface area contributed by atoms with Gasteiger partial charge in [-0.3, -0.25) is 0 Å². The van der Waals surface area contributed by atoms with E-state index >= 15 is 0 Å². The Morgan fingerprint density at radius 2 is 1.00 bits per heavy atom. The van der Waals surface area contributed by atoms with Crippen molar-refractivity contribution < 1.29 is 14.4 Å². The van der Waals surface area contributed by atoms with E-state index in [0.29, 0.717) is 0 Å². The van der Waals surface area contributed by atoms with Gasteiger partial charge in [0.05, 0.1) is 0 Å². The molecule has 0 radical (unpaired) electrons. The molecule has 0 bridgehead atoms. The standard InChI is InChI=1S/2C7H7.Ni/c2*1-7-5-3-2-4-6-7;/h2*2-6H,1H2;. The molecule has 0 spiro atoms. The minimum atomic E-state index is 1.11. The summed E-state index contributed by atoms with van der Waals surface area (Å²) >= 11 is 1.78. The van der Waals surface area contributed by atoms with Gasteiger partial charge in [0.25, 0.3) is 0 Å². The van der Waals surface area contributed by atoms with Gasteiger partial charge in [0.15, 0.2) is 0 Å². The van der Waals surface area contributed by atoms with Crippen molar-refractivity contribution in [3.8, 4) is 0 Å². The summed E-state index contributed by atoms with van der Waals surface area (Å²) in [5.41, 5.74) is 2.82. The predicted molar refractivity (Wildman–Crippen MR) is 60.3 cm³/mol. The molecule has 0 aliphatic heterocycles. The van der Waals surface area contributed by atoms with E-state index in [-0.39, 0.29) is 0 Å². The zero-order chi connectivity index (χ0) is 10.3. The predicted octanol–water partition coefficient (Wildman–Crippen LogP) is 3.47. The second-order valence-corrected chi connectivity index (χ2v) is 4.55. The Hall–Kier alpha value is -1.07. The molecule has 2 aromatic rings. The van der Waals surface area contributed by atoms with Crippen LogP contribution < -0.4 is 0 Å². The topological polar surface area (TPSA) is 0 Å². The molecule has 0 amide bonds. The molecule has 0 atom stereocenters. The van der Waals surface area contributed by atoms with Crippen LogP contribution in [0.4, 0.5) is 0 Å². The Balaban J connectivity index is 1.81. The van der Waals surface area contributed by atoms with E-state index in [0.717, 1.165) is 10.8 Å². The number of hydrogen-bond donors (Lipinski definition) is 0. The van der Waals surface area contributed by atoms with Crippen LogP contribution >= 0.6 is 0 Å². The Morgan fingerprint density at radius 3 is 1.40 bits per heavy atom. The van der Waals surface area contributed by atoms with Gasteiger partial charge >= 0.3 is 97.0 Å². The summed E-state index contributed by atoms with van der Waals surface area (Å²) < 4.78 is 0. The van der Waals surface area contributed by atoms with Gasteiger partial charge in [-0.1, -0.05) is 0 Å². The van der Waals surface area contributed by atoms with Crippen molar-refractivity contribution in [2.75, 3.05) is 0 Å². The molecule has 80 valence electrons. The third-order valence-electron chi connectivity index (χ3n) is 2.10. The first kappa shape index (κ1) is 10.5. The molecule has 0 saturated carbocycles. The fourth-order valence-electron chi connectivity index (χ4n) is 1.33. The number of hydrogen-bond acceptors (Lipinski definition) is 0. The molecule has 0 saturated heterocycles. The van der Waals surface area contributed by atoms with E-state index < -0.39 is 0 Å². The van der Waals surface area contributed by atoms with E-state index in [1.807, 2.05) is 0 Å². The van der Waals surface area contributed by atoms with E-state index in [1.54, 1.807) is 14.4 Å². The van der Waals surface area contributed by atoms with Gasteiger partial charge in [-0.05, 0) is 0 Å². The van der Waals surface area contributed by atoms with Crippen LogP contribution in [0.25, 0.3) is 0 Å². The van der Waals surface area contributed by atoms with Gasteiger partial charge in [0, 0.05) is 0 Å². The number of rotatable bonds is 4. The minimum absolute atomic E-state index is 1.11. The van der Waals surface area contributed by atoms with Gasteiger partial charge in [-0.25, -0.2) is 0 Å². The van der Waals surface area contributed by atoms with Crippen LogP contribution in [0.3, 0.4) is 0 Å². The monoisotopic (exact) mass is 240 g/mol. The zero-order valence-electron chi connectivity index (χ0n) is 8.50.